The van der Waals surface area contributed by atoms with Crippen molar-refractivity contribution < 1.29 is 8.78 Å². The van der Waals surface area contributed by atoms with E-state index in [9.17, 15) is 8.78 Å². The maximum absolute atomic E-state index is 13.5. The summed E-state index contributed by atoms with van der Waals surface area (Å²) in [5, 5.41) is 6.28. The van der Waals surface area contributed by atoms with E-state index in [0.717, 1.165) is 29.8 Å². The van der Waals surface area contributed by atoms with Crippen LogP contribution in [0.1, 0.15) is 16.8 Å². The van der Waals surface area contributed by atoms with Crippen LogP contribution in [0.2, 0.25) is 0 Å². The van der Waals surface area contributed by atoms with Crippen LogP contribution in [0.5, 0.6) is 0 Å². The highest BCUT2D eigenvalue weighted by Gasteiger charge is 2.04. The summed E-state index contributed by atoms with van der Waals surface area (Å²) in [5.41, 5.74) is 2.49. The SMILES string of the molecule is CN=C(NCCc1ccc(C)nc1)NCCc1cc(F)ccc1F.I. The number of aryl methyl sites for hydroxylation is 1. The van der Waals surface area contributed by atoms with Gasteiger partial charge in [0.15, 0.2) is 5.96 Å². The fourth-order valence-corrected chi connectivity index (χ4v) is 2.24. The lowest BCUT2D eigenvalue weighted by Gasteiger charge is -2.12. The predicted molar refractivity (Wildman–Crippen MR) is 108 cm³/mol. The minimum absolute atomic E-state index is 0. The first-order valence-electron chi connectivity index (χ1n) is 7.88. The van der Waals surface area contributed by atoms with E-state index in [1.807, 2.05) is 25.3 Å². The number of nitrogens with one attached hydrogen (secondary N) is 2. The molecule has 0 amide bonds. The van der Waals surface area contributed by atoms with Gasteiger partial charge in [-0.25, -0.2) is 8.78 Å². The maximum Gasteiger partial charge on any atom is 0.190 e. The van der Waals surface area contributed by atoms with Crippen LogP contribution in [0, 0.1) is 18.6 Å². The zero-order chi connectivity index (χ0) is 17.4. The van der Waals surface area contributed by atoms with E-state index < -0.39 is 11.6 Å². The van der Waals surface area contributed by atoms with Crippen LogP contribution in [0.15, 0.2) is 41.5 Å². The zero-order valence-electron chi connectivity index (χ0n) is 14.4. The number of pyridine rings is 1. The molecule has 4 nitrogen and oxygen atoms in total. The van der Waals surface area contributed by atoms with Gasteiger partial charge >= 0.3 is 0 Å². The molecule has 0 aliphatic carbocycles. The summed E-state index contributed by atoms with van der Waals surface area (Å²) in [6, 6.07) is 7.51. The Hall–Kier alpha value is -1.77. The number of benzene rings is 1. The van der Waals surface area contributed by atoms with Crippen molar-refractivity contribution in [3.63, 3.8) is 0 Å². The van der Waals surface area contributed by atoms with Gasteiger partial charge in [-0.15, -0.1) is 24.0 Å². The van der Waals surface area contributed by atoms with Crippen molar-refractivity contribution in [2.75, 3.05) is 20.1 Å². The summed E-state index contributed by atoms with van der Waals surface area (Å²) >= 11 is 0. The third kappa shape index (κ3) is 7.33. The molecule has 0 spiro atoms. The molecule has 2 aromatic rings. The second-order valence-corrected chi connectivity index (χ2v) is 5.47. The second-order valence-electron chi connectivity index (χ2n) is 5.47. The summed E-state index contributed by atoms with van der Waals surface area (Å²) in [7, 11) is 1.67. The summed E-state index contributed by atoms with van der Waals surface area (Å²) in [5.74, 6) is -0.194. The van der Waals surface area contributed by atoms with Crippen LogP contribution in [0.3, 0.4) is 0 Å². The van der Waals surface area contributed by atoms with Crippen molar-refractivity contribution >= 4 is 29.9 Å². The fraction of sp³-hybridized carbons (Fsp3) is 0.333. The molecule has 0 saturated heterocycles. The van der Waals surface area contributed by atoms with E-state index in [0.29, 0.717) is 31.0 Å². The topological polar surface area (TPSA) is 49.3 Å². The molecule has 0 saturated carbocycles. The minimum Gasteiger partial charge on any atom is -0.356 e. The molecule has 1 aromatic carbocycles. The number of aliphatic imine (C=N–C) groups is 1. The third-order valence-corrected chi connectivity index (χ3v) is 3.60. The van der Waals surface area contributed by atoms with Crippen LogP contribution in [-0.2, 0) is 12.8 Å². The average molecular weight is 460 g/mol. The number of aromatic nitrogens is 1. The monoisotopic (exact) mass is 460 g/mol. The summed E-state index contributed by atoms with van der Waals surface area (Å²) in [6.07, 6.45) is 3.07. The van der Waals surface area contributed by atoms with Gasteiger partial charge in [0, 0.05) is 32.0 Å². The first-order valence-corrected chi connectivity index (χ1v) is 7.88. The van der Waals surface area contributed by atoms with Gasteiger partial charge in [0.1, 0.15) is 11.6 Å². The highest BCUT2D eigenvalue weighted by Crippen LogP contribution is 2.09. The Balaban J connectivity index is 0.00000312. The van der Waals surface area contributed by atoms with Crippen molar-refractivity contribution in [2.24, 2.45) is 4.99 Å². The molecule has 1 heterocycles. The Morgan fingerprint density at radius 3 is 2.44 bits per heavy atom. The normalized spacial score (nSPS) is 11.0. The lowest BCUT2D eigenvalue weighted by molar-refractivity contribution is 0.583. The highest BCUT2D eigenvalue weighted by atomic mass is 127. The smallest absolute Gasteiger partial charge is 0.190 e. The maximum atomic E-state index is 13.5. The van der Waals surface area contributed by atoms with E-state index in [2.05, 4.69) is 20.6 Å². The highest BCUT2D eigenvalue weighted by molar-refractivity contribution is 14.0. The Morgan fingerprint density at radius 2 is 1.80 bits per heavy atom. The quantitative estimate of drug-likeness (QED) is 0.396. The molecule has 7 heteroatoms. The summed E-state index contributed by atoms with van der Waals surface area (Å²) < 4.78 is 26.7. The summed E-state index contributed by atoms with van der Waals surface area (Å²) in [4.78, 5) is 8.37. The zero-order valence-corrected chi connectivity index (χ0v) is 16.7. The molecular formula is C18H23F2IN4. The third-order valence-electron chi connectivity index (χ3n) is 3.60. The number of hydrogen-bond donors (Lipinski definition) is 2. The van der Waals surface area contributed by atoms with E-state index in [-0.39, 0.29) is 24.0 Å². The first-order chi connectivity index (χ1) is 11.6. The van der Waals surface area contributed by atoms with Crippen molar-refractivity contribution in [2.45, 2.75) is 19.8 Å². The van der Waals surface area contributed by atoms with Crippen LogP contribution in [-0.4, -0.2) is 31.1 Å². The molecule has 0 radical (unpaired) electrons. The molecule has 2 N–H and O–H groups in total. The van der Waals surface area contributed by atoms with Crippen molar-refractivity contribution in [1.29, 1.82) is 0 Å². The number of hydrogen-bond acceptors (Lipinski definition) is 2. The van der Waals surface area contributed by atoms with E-state index in [4.69, 9.17) is 0 Å². The van der Waals surface area contributed by atoms with Gasteiger partial charge in [0.05, 0.1) is 0 Å². The Bertz CT molecular complexity index is 690. The Morgan fingerprint density at radius 1 is 1.08 bits per heavy atom. The standard InChI is InChI=1S/C18H22F2N4.HI/c1-13-3-4-14(12-24-13)7-9-22-18(21-2)23-10-8-15-11-16(19)5-6-17(15)20;/h3-6,11-12H,7-10H2,1-2H3,(H2,21,22,23);1H. The van der Waals surface area contributed by atoms with Gasteiger partial charge in [-0.3, -0.25) is 9.98 Å². The molecule has 136 valence electrons. The lowest BCUT2D eigenvalue weighted by atomic mass is 10.1. The molecule has 0 unspecified atom stereocenters. The van der Waals surface area contributed by atoms with Crippen molar-refractivity contribution in [3.05, 3.63) is 65.0 Å². The molecular weight excluding hydrogens is 437 g/mol. The van der Waals surface area contributed by atoms with Gasteiger partial charge in [-0.05, 0) is 55.2 Å². The van der Waals surface area contributed by atoms with Crippen molar-refractivity contribution in [3.8, 4) is 0 Å². The molecule has 0 aliphatic heterocycles. The van der Waals surface area contributed by atoms with E-state index in [1.165, 1.54) is 6.07 Å². The number of halogens is 3. The van der Waals surface area contributed by atoms with Gasteiger partial charge in [0.25, 0.3) is 0 Å². The molecule has 1 aromatic heterocycles. The lowest BCUT2D eigenvalue weighted by Crippen LogP contribution is -2.39. The second kappa shape index (κ2) is 11.0. The van der Waals surface area contributed by atoms with Crippen LogP contribution < -0.4 is 10.6 Å². The van der Waals surface area contributed by atoms with Crippen LogP contribution in [0.4, 0.5) is 8.78 Å². The van der Waals surface area contributed by atoms with E-state index >= 15 is 0 Å². The molecule has 0 atom stereocenters. The average Bonchev–Trinajstić information content (AvgIpc) is 2.58. The van der Waals surface area contributed by atoms with Gasteiger partial charge in [-0.1, -0.05) is 6.07 Å². The Labute approximate surface area is 164 Å². The van der Waals surface area contributed by atoms with E-state index in [1.54, 1.807) is 7.05 Å². The molecule has 0 bridgehead atoms. The van der Waals surface area contributed by atoms with Gasteiger partial charge < -0.3 is 10.6 Å². The van der Waals surface area contributed by atoms with Crippen molar-refractivity contribution in [1.82, 2.24) is 15.6 Å². The van der Waals surface area contributed by atoms with Gasteiger partial charge in [0.2, 0.25) is 0 Å². The van der Waals surface area contributed by atoms with Crippen LogP contribution in [0.25, 0.3) is 0 Å². The first kappa shape index (κ1) is 21.3. The number of rotatable bonds is 6. The number of guanidine groups is 1. The van der Waals surface area contributed by atoms with Crippen LogP contribution >= 0.6 is 24.0 Å². The van der Waals surface area contributed by atoms with Gasteiger partial charge in [-0.2, -0.15) is 0 Å². The Kier molecular flexibility index (Phi) is 9.33. The predicted octanol–water partition coefficient (Wildman–Crippen LogP) is 3.24. The minimum atomic E-state index is -0.430. The molecule has 0 aliphatic rings. The molecule has 25 heavy (non-hydrogen) atoms. The molecule has 0 fully saturated rings. The summed E-state index contributed by atoms with van der Waals surface area (Å²) in [6.45, 7) is 3.13. The largest absolute Gasteiger partial charge is 0.356 e. The fourth-order valence-electron chi connectivity index (χ4n) is 2.24. The number of nitrogens with zero attached hydrogens (tertiary/aromatic N) is 2. The molecule has 2 rings (SSSR count).